The normalized spacial score (nSPS) is 19.0. The van der Waals surface area contributed by atoms with Crippen molar-refractivity contribution in [3.63, 3.8) is 0 Å². The van der Waals surface area contributed by atoms with E-state index in [4.69, 9.17) is 0 Å². The number of amides is 2. The van der Waals surface area contributed by atoms with E-state index in [1.165, 1.54) is 16.8 Å². The van der Waals surface area contributed by atoms with Crippen LogP contribution in [-0.2, 0) is 6.42 Å². The maximum absolute atomic E-state index is 12.3. The molecule has 1 aromatic carbocycles. The van der Waals surface area contributed by atoms with Crippen LogP contribution in [0.2, 0.25) is 0 Å². The summed E-state index contributed by atoms with van der Waals surface area (Å²) in [6.45, 7) is 8.83. The van der Waals surface area contributed by atoms with Crippen LogP contribution in [0.15, 0.2) is 30.6 Å². The maximum atomic E-state index is 12.3. The fourth-order valence-electron chi connectivity index (χ4n) is 4.13. The molecule has 1 saturated heterocycles. The third-order valence-electron chi connectivity index (χ3n) is 5.62. The van der Waals surface area contributed by atoms with E-state index in [1.54, 1.807) is 0 Å². The van der Waals surface area contributed by atoms with E-state index in [-0.39, 0.29) is 6.03 Å². The van der Waals surface area contributed by atoms with Crippen LogP contribution in [0.25, 0.3) is 11.1 Å². The maximum Gasteiger partial charge on any atom is 0.317 e. The van der Waals surface area contributed by atoms with Crippen LogP contribution in [0.5, 0.6) is 0 Å². The minimum Gasteiger partial charge on any atom is -0.371 e. The molecule has 3 heterocycles. The number of fused-ring (bicyclic) bond motifs is 1. The van der Waals surface area contributed by atoms with Gasteiger partial charge >= 0.3 is 6.03 Å². The molecule has 144 valence electrons. The molecule has 1 fully saturated rings. The number of aromatic amines is 1. The SMILES string of the molecule is CC(C)CNC(=O)N1CCC(CN2CCc3cc(-c4cn[nH]c4)ccc32)C1. The number of rotatable bonds is 5. The Balaban J connectivity index is 1.35. The molecule has 4 rings (SSSR count). The lowest BCUT2D eigenvalue weighted by molar-refractivity contribution is 0.206. The Bertz CT molecular complexity index is 786. The molecular weight excluding hydrogens is 338 g/mol. The van der Waals surface area contributed by atoms with Crippen molar-refractivity contribution in [2.45, 2.75) is 26.7 Å². The highest BCUT2D eigenvalue weighted by Crippen LogP contribution is 2.33. The van der Waals surface area contributed by atoms with Gasteiger partial charge in [-0.15, -0.1) is 0 Å². The Morgan fingerprint density at radius 1 is 1.33 bits per heavy atom. The molecule has 0 aliphatic carbocycles. The molecule has 1 atom stereocenters. The average molecular weight is 367 g/mol. The number of nitrogens with zero attached hydrogens (tertiary/aromatic N) is 3. The van der Waals surface area contributed by atoms with Crippen molar-refractivity contribution in [3.05, 3.63) is 36.2 Å². The number of carbonyl (C=O) groups is 1. The van der Waals surface area contributed by atoms with Crippen molar-refractivity contribution in [2.75, 3.05) is 37.6 Å². The van der Waals surface area contributed by atoms with Gasteiger partial charge in [-0.05, 0) is 47.9 Å². The summed E-state index contributed by atoms with van der Waals surface area (Å²) in [4.78, 5) is 16.7. The van der Waals surface area contributed by atoms with Crippen LogP contribution in [-0.4, -0.2) is 53.9 Å². The lowest BCUT2D eigenvalue weighted by Crippen LogP contribution is -2.40. The summed E-state index contributed by atoms with van der Waals surface area (Å²) < 4.78 is 0. The topological polar surface area (TPSA) is 64.3 Å². The lowest BCUT2D eigenvalue weighted by atomic mass is 10.0. The molecule has 2 N–H and O–H groups in total. The highest BCUT2D eigenvalue weighted by molar-refractivity contribution is 5.74. The van der Waals surface area contributed by atoms with E-state index in [0.717, 1.165) is 51.1 Å². The molecule has 0 saturated carbocycles. The number of hydrogen-bond acceptors (Lipinski definition) is 3. The Labute approximate surface area is 160 Å². The highest BCUT2D eigenvalue weighted by atomic mass is 16.2. The number of urea groups is 1. The summed E-state index contributed by atoms with van der Waals surface area (Å²) in [6, 6.07) is 6.81. The first kappa shape index (κ1) is 17.9. The number of carbonyl (C=O) groups excluding carboxylic acids is 1. The third kappa shape index (κ3) is 3.94. The van der Waals surface area contributed by atoms with Gasteiger partial charge in [-0.2, -0.15) is 5.10 Å². The minimum absolute atomic E-state index is 0.0952. The van der Waals surface area contributed by atoms with Crippen molar-refractivity contribution >= 4 is 11.7 Å². The van der Waals surface area contributed by atoms with Gasteiger partial charge in [-0.25, -0.2) is 4.79 Å². The summed E-state index contributed by atoms with van der Waals surface area (Å²) in [7, 11) is 0. The first-order valence-electron chi connectivity index (χ1n) is 10.00. The molecule has 0 bridgehead atoms. The largest absolute Gasteiger partial charge is 0.371 e. The third-order valence-corrected chi connectivity index (χ3v) is 5.62. The number of anilines is 1. The number of H-pyrrole nitrogens is 1. The second-order valence-corrected chi connectivity index (χ2v) is 8.21. The molecule has 27 heavy (non-hydrogen) atoms. The van der Waals surface area contributed by atoms with Crippen molar-refractivity contribution in [1.29, 1.82) is 0 Å². The van der Waals surface area contributed by atoms with E-state index in [1.807, 2.05) is 17.3 Å². The van der Waals surface area contributed by atoms with E-state index in [2.05, 4.69) is 52.5 Å². The molecule has 6 nitrogen and oxygen atoms in total. The molecule has 0 spiro atoms. The molecule has 6 heteroatoms. The van der Waals surface area contributed by atoms with Crippen molar-refractivity contribution in [2.24, 2.45) is 11.8 Å². The summed E-state index contributed by atoms with van der Waals surface area (Å²) in [5.41, 5.74) is 5.12. The van der Waals surface area contributed by atoms with Crippen molar-refractivity contribution in [1.82, 2.24) is 20.4 Å². The molecular formula is C21H29N5O. The Hall–Kier alpha value is -2.50. The smallest absolute Gasteiger partial charge is 0.317 e. The standard InChI is InChI=1S/C21H29N5O/c1-15(2)10-22-21(27)26-7-5-16(14-26)13-25-8-6-18-9-17(3-4-20(18)25)19-11-23-24-12-19/h3-4,9,11-12,15-16H,5-8,10,13-14H2,1-2H3,(H,22,27)(H,23,24). The van der Waals surface area contributed by atoms with Gasteiger partial charge in [-0.1, -0.05) is 19.9 Å². The molecule has 0 radical (unpaired) electrons. The Kier molecular flexibility index (Phi) is 5.05. The second kappa shape index (κ2) is 7.62. The van der Waals surface area contributed by atoms with Crippen LogP contribution in [0.4, 0.5) is 10.5 Å². The molecule has 2 aliphatic rings. The number of nitrogens with one attached hydrogen (secondary N) is 2. The average Bonchev–Trinajstić information content (AvgIpc) is 3.41. The second-order valence-electron chi connectivity index (χ2n) is 8.21. The van der Waals surface area contributed by atoms with Gasteiger partial charge < -0.3 is 15.1 Å². The van der Waals surface area contributed by atoms with Crippen LogP contribution in [0.1, 0.15) is 25.8 Å². The number of benzene rings is 1. The first-order valence-corrected chi connectivity index (χ1v) is 10.00. The van der Waals surface area contributed by atoms with Crippen LogP contribution in [0, 0.1) is 11.8 Å². The fraction of sp³-hybridized carbons (Fsp3) is 0.524. The number of likely N-dealkylation sites (tertiary alicyclic amines) is 1. The molecule has 2 amide bonds. The van der Waals surface area contributed by atoms with Gasteiger partial charge in [0.2, 0.25) is 0 Å². The summed E-state index contributed by atoms with van der Waals surface area (Å²) in [5.74, 6) is 1.04. The summed E-state index contributed by atoms with van der Waals surface area (Å²) in [5, 5.41) is 9.97. The molecule has 2 aromatic rings. The molecule has 2 aliphatic heterocycles. The van der Waals surface area contributed by atoms with Gasteiger partial charge in [0.25, 0.3) is 0 Å². The van der Waals surface area contributed by atoms with Crippen molar-refractivity contribution < 1.29 is 4.79 Å². The minimum atomic E-state index is 0.0952. The summed E-state index contributed by atoms with van der Waals surface area (Å²) >= 11 is 0. The fourth-order valence-corrected chi connectivity index (χ4v) is 4.13. The van der Waals surface area contributed by atoms with Crippen LogP contribution >= 0.6 is 0 Å². The zero-order valence-corrected chi connectivity index (χ0v) is 16.2. The van der Waals surface area contributed by atoms with Gasteiger partial charge in [0.1, 0.15) is 0 Å². The number of hydrogen-bond donors (Lipinski definition) is 2. The zero-order valence-electron chi connectivity index (χ0n) is 16.2. The Morgan fingerprint density at radius 3 is 3.00 bits per heavy atom. The van der Waals surface area contributed by atoms with Gasteiger partial charge in [-0.3, -0.25) is 5.10 Å². The first-order chi connectivity index (χ1) is 13.1. The molecule has 1 unspecified atom stereocenters. The lowest BCUT2D eigenvalue weighted by Gasteiger charge is -2.24. The highest BCUT2D eigenvalue weighted by Gasteiger charge is 2.29. The van der Waals surface area contributed by atoms with E-state index in [9.17, 15) is 4.79 Å². The van der Waals surface area contributed by atoms with Gasteiger partial charge in [0, 0.05) is 50.2 Å². The Morgan fingerprint density at radius 2 is 2.22 bits per heavy atom. The molecule has 1 aromatic heterocycles. The quantitative estimate of drug-likeness (QED) is 0.853. The zero-order chi connectivity index (χ0) is 18.8. The van der Waals surface area contributed by atoms with Gasteiger partial charge in [0.15, 0.2) is 0 Å². The van der Waals surface area contributed by atoms with E-state index >= 15 is 0 Å². The van der Waals surface area contributed by atoms with Gasteiger partial charge in [0.05, 0.1) is 6.20 Å². The van der Waals surface area contributed by atoms with Crippen LogP contribution in [0.3, 0.4) is 0 Å². The van der Waals surface area contributed by atoms with Crippen LogP contribution < -0.4 is 10.2 Å². The van der Waals surface area contributed by atoms with E-state index in [0.29, 0.717) is 11.8 Å². The predicted molar refractivity (Wildman–Crippen MR) is 108 cm³/mol. The monoisotopic (exact) mass is 367 g/mol. The van der Waals surface area contributed by atoms with Crippen molar-refractivity contribution in [3.8, 4) is 11.1 Å². The summed E-state index contributed by atoms with van der Waals surface area (Å²) in [6.07, 6.45) is 5.98. The predicted octanol–water partition coefficient (Wildman–Crippen LogP) is 3.13. The number of aromatic nitrogens is 2. The van der Waals surface area contributed by atoms with E-state index < -0.39 is 0 Å².